The average Bonchev–Trinajstić information content (AvgIpc) is 2.55. The molecular weight excluding hydrogens is 319 g/mol. The summed E-state index contributed by atoms with van der Waals surface area (Å²) < 4.78 is 14.0. The van der Waals surface area contributed by atoms with Crippen molar-refractivity contribution in [2.75, 3.05) is 16.8 Å². The van der Waals surface area contributed by atoms with Gasteiger partial charge in [-0.3, -0.25) is 9.59 Å². The van der Waals surface area contributed by atoms with Crippen LogP contribution in [0.25, 0.3) is 0 Å². The molecule has 2 amide bonds. The first-order valence-electron chi connectivity index (χ1n) is 8.23. The van der Waals surface area contributed by atoms with Gasteiger partial charge in [0.15, 0.2) is 0 Å². The summed E-state index contributed by atoms with van der Waals surface area (Å²) in [5.74, 6) is -1.06. The zero-order chi connectivity index (χ0) is 18.6. The zero-order valence-electron chi connectivity index (χ0n) is 15.0. The molecule has 2 aromatic rings. The fourth-order valence-corrected chi connectivity index (χ4v) is 2.70. The Morgan fingerprint density at radius 3 is 2.40 bits per heavy atom. The van der Waals surface area contributed by atoms with Crippen molar-refractivity contribution in [1.29, 1.82) is 0 Å². The minimum atomic E-state index is -0.538. The van der Waals surface area contributed by atoms with Crippen molar-refractivity contribution in [3.05, 3.63) is 59.4 Å². The van der Waals surface area contributed by atoms with Crippen LogP contribution in [0.4, 0.5) is 15.8 Å². The van der Waals surface area contributed by atoms with E-state index in [9.17, 15) is 14.0 Å². The van der Waals surface area contributed by atoms with E-state index < -0.39 is 11.7 Å². The lowest BCUT2D eigenvalue weighted by molar-refractivity contribution is -0.120. The fraction of sp³-hybridized carbons (Fsp3) is 0.300. The summed E-state index contributed by atoms with van der Waals surface area (Å²) in [6.07, 6.45) is 0. The standard InChI is InChI=1S/C20H23FN2O2/c1-13(2)16-9-7-8-14(3)20(16)22-19(25)12-23(15(4)24)18-11-6-5-10-17(18)21/h5-11,13H,12H2,1-4H3,(H,22,25). The van der Waals surface area contributed by atoms with E-state index in [1.807, 2.05) is 39.0 Å². The number of rotatable bonds is 5. The minimum absolute atomic E-state index is 0.0963. The van der Waals surface area contributed by atoms with Gasteiger partial charge in [0.25, 0.3) is 0 Å². The molecule has 0 spiro atoms. The molecule has 0 aliphatic rings. The molecule has 132 valence electrons. The second-order valence-corrected chi connectivity index (χ2v) is 6.30. The number of hydrogen-bond donors (Lipinski definition) is 1. The number of benzene rings is 2. The maximum Gasteiger partial charge on any atom is 0.244 e. The molecule has 0 unspecified atom stereocenters. The highest BCUT2D eigenvalue weighted by Crippen LogP contribution is 2.27. The van der Waals surface area contributed by atoms with Crippen LogP contribution < -0.4 is 10.2 Å². The molecule has 25 heavy (non-hydrogen) atoms. The predicted molar refractivity (Wildman–Crippen MR) is 98.3 cm³/mol. The molecule has 0 saturated carbocycles. The topological polar surface area (TPSA) is 49.4 Å². The highest BCUT2D eigenvalue weighted by atomic mass is 19.1. The van der Waals surface area contributed by atoms with Crippen LogP contribution in [-0.2, 0) is 9.59 Å². The highest BCUT2D eigenvalue weighted by Gasteiger charge is 2.20. The van der Waals surface area contributed by atoms with Gasteiger partial charge in [-0.05, 0) is 36.1 Å². The molecule has 2 aromatic carbocycles. The van der Waals surface area contributed by atoms with Crippen molar-refractivity contribution in [3.8, 4) is 0 Å². The molecule has 0 fully saturated rings. The van der Waals surface area contributed by atoms with Crippen LogP contribution in [-0.4, -0.2) is 18.4 Å². The van der Waals surface area contributed by atoms with Crippen LogP contribution in [0, 0.1) is 12.7 Å². The second kappa shape index (κ2) is 7.92. The number of carbonyl (C=O) groups is 2. The number of halogens is 1. The van der Waals surface area contributed by atoms with E-state index in [1.54, 1.807) is 12.1 Å². The summed E-state index contributed by atoms with van der Waals surface area (Å²) in [4.78, 5) is 25.6. The Morgan fingerprint density at radius 2 is 1.80 bits per heavy atom. The van der Waals surface area contributed by atoms with Crippen LogP contribution in [0.5, 0.6) is 0 Å². The van der Waals surface area contributed by atoms with Crippen LogP contribution in [0.3, 0.4) is 0 Å². The van der Waals surface area contributed by atoms with E-state index in [1.165, 1.54) is 19.1 Å². The number of amides is 2. The molecule has 1 N–H and O–H groups in total. The summed E-state index contributed by atoms with van der Waals surface area (Å²) in [7, 11) is 0. The van der Waals surface area contributed by atoms with E-state index in [0.717, 1.165) is 21.7 Å². The molecule has 5 heteroatoms. The molecule has 0 aromatic heterocycles. The monoisotopic (exact) mass is 342 g/mol. The lowest BCUT2D eigenvalue weighted by Crippen LogP contribution is -2.37. The Labute approximate surface area is 147 Å². The molecule has 0 heterocycles. The van der Waals surface area contributed by atoms with Gasteiger partial charge in [0.2, 0.25) is 11.8 Å². The van der Waals surface area contributed by atoms with Crippen molar-refractivity contribution in [2.24, 2.45) is 0 Å². The Hall–Kier alpha value is -2.69. The molecular formula is C20H23FN2O2. The number of nitrogens with zero attached hydrogens (tertiary/aromatic N) is 1. The summed E-state index contributed by atoms with van der Waals surface area (Å²) >= 11 is 0. The predicted octanol–water partition coefficient (Wildman–Crippen LogP) is 4.25. The molecule has 2 rings (SSSR count). The Bertz CT molecular complexity index is 787. The number of carbonyl (C=O) groups excluding carboxylic acids is 2. The molecule has 4 nitrogen and oxygen atoms in total. The van der Waals surface area contributed by atoms with Crippen LogP contribution >= 0.6 is 0 Å². The van der Waals surface area contributed by atoms with Crippen LogP contribution in [0.1, 0.15) is 37.8 Å². The lowest BCUT2D eigenvalue weighted by Gasteiger charge is -2.22. The largest absolute Gasteiger partial charge is 0.324 e. The van der Waals surface area contributed by atoms with Gasteiger partial charge < -0.3 is 10.2 Å². The van der Waals surface area contributed by atoms with E-state index in [2.05, 4.69) is 5.32 Å². The first kappa shape index (κ1) is 18.6. The zero-order valence-corrected chi connectivity index (χ0v) is 15.0. The van der Waals surface area contributed by atoms with Crippen molar-refractivity contribution in [3.63, 3.8) is 0 Å². The van der Waals surface area contributed by atoms with E-state index in [4.69, 9.17) is 0 Å². The van der Waals surface area contributed by atoms with Gasteiger partial charge in [0.05, 0.1) is 5.69 Å². The Kier molecular flexibility index (Phi) is 5.91. The second-order valence-electron chi connectivity index (χ2n) is 6.30. The van der Waals surface area contributed by atoms with Crippen molar-refractivity contribution in [1.82, 2.24) is 0 Å². The van der Waals surface area contributed by atoms with Crippen molar-refractivity contribution < 1.29 is 14.0 Å². The molecule has 0 aliphatic heterocycles. The average molecular weight is 342 g/mol. The van der Waals surface area contributed by atoms with Crippen molar-refractivity contribution >= 4 is 23.2 Å². The maximum atomic E-state index is 14.0. The summed E-state index contributed by atoms with van der Waals surface area (Å²) in [5.41, 5.74) is 2.81. The smallest absolute Gasteiger partial charge is 0.244 e. The minimum Gasteiger partial charge on any atom is -0.324 e. The molecule has 0 bridgehead atoms. The summed E-state index contributed by atoms with van der Waals surface area (Å²) in [6, 6.07) is 11.7. The Morgan fingerprint density at radius 1 is 1.12 bits per heavy atom. The number of hydrogen-bond acceptors (Lipinski definition) is 2. The quantitative estimate of drug-likeness (QED) is 0.883. The molecule has 0 saturated heterocycles. The highest BCUT2D eigenvalue weighted by molar-refractivity contribution is 6.02. The van der Waals surface area contributed by atoms with Gasteiger partial charge in [0, 0.05) is 12.6 Å². The van der Waals surface area contributed by atoms with Crippen LogP contribution in [0.15, 0.2) is 42.5 Å². The third-order valence-electron chi connectivity index (χ3n) is 4.02. The molecule has 0 radical (unpaired) electrons. The van der Waals surface area contributed by atoms with Gasteiger partial charge in [-0.25, -0.2) is 4.39 Å². The van der Waals surface area contributed by atoms with Gasteiger partial charge in [-0.15, -0.1) is 0 Å². The van der Waals surface area contributed by atoms with Gasteiger partial charge in [0.1, 0.15) is 12.4 Å². The van der Waals surface area contributed by atoms with Gasteiger partial charge >= 0.3 is 0 Å². The lowest BCUT2D eigenvalue weighted by atomic mass is 9.98. The SMILES string of the molecule is CC(=O)N(CC(=O)Nc1c(C)cccc1C(C)C)c1ccccc1F. The van der Waals surface area contributed by atoms with Gasteiger partial charge in [-0.1, -0.05) is 44.2 Å². The van der Waals surface area contributed by atoms with Gasteiger partial charge in [-0.2, -0.15) is 0 Å². The van der Waals surface area contributed by atoms with E-state index in [0.29, 0.717) is 0 Å². The molecule has 0 aliphatic carbocycles. The van der Waals surface area contributed by atoms with Crippen LogP contribution in [0.2, 0.25) is 0 Å². The first-order valence-corrected chi connectivity index (χ1v) is 8.23. The number of para-hydroxylation sites is 2. The normalized spacial score (nSPS) is 10.6. The third kappa shape index (κ3) is 4.44. The number of nitrogens with one attached hydrogen (secondary N) is 1. The maximum absolute atomic E-state index is 14.0. The van der Waals surface area contributed by atoms with Crippen molar-refractivity contribution in [2.45, 2.75) is 33.6 Å². The molecule has 0 atom stereocenters. The fourth-order valence-electron chi connectivity index (χ4n) is 2.70. The summed E-state index contributed by atoms with van der Waals surface area (Å²) in [5, 5.41) is 2.88. The van der Waals surface area contributed by atoms with E-state index in [-0.39, 0.29) is 24.1 Å². The third-order valence-corrected chi connectivity index (χ3v) is 4.02. The Balaban J connectivity index is 2.24. The number of anilines is 2. The van der Waals surface area contributed by atoms with E-state index >= 15 is 0 Å². The summed E-state index contributed by atoms with van der Waals surface area (Å²) in [6.45, 7) is 7.08. The number of aryl methyl sites for hydroxylation is 1. The first-order chi connectivity index (χ1) is 11.8.